The van der Waals surface area contributed by atoms with E-state index in [0.29, 0.717) is 6.42 Å². The normalized spacial score (nSPS) is 16.5. The number of aryl methyl sites for hydroxylation is 1. The van der Waals surface area contributed by atoms with Crippen LogP contribution in [0.4, 0.5) is 11.4 Å². The second-order valence-corrected chi connectivity index (χ2v) is 5.42. The average molecular weight is 261 g/mol. The van der Waals surface area contributed by atoms with E-state index in [9.17, 15) is 4.79 Å². The largest absolute Gasteiger partial charge is 0.372 e. The van der Waals surface area contributed by atoms with Crippen molar-refractivity contribution in [3.63, 3.8) is 0 Å². The molecule has 4 heteroatoms. The summed E-state index contributed by atoms with van der Waals surface area (Å²) in [6, 6.07) is 6.11. The maximum absolute atomic E-state index is 11.7. The van der Waals surface area contributed by atoms with Crippen molar-refractivity contribution in [1.82, 2.24) is 0 Å². The number of amides is 1. The van der Waals surface area contributed by atoms with Crippen molar-refractivity contribution in [2.75, 3.05) is 23.3 Å². The molecule has 1 aromatic rings. The molecule has 1 aromatic carbocycles. The van der Waals surface area contributed by atoms with Gasteiger partial charge in [0.1, 0.15) is 0 Å². The van der Waals surface area contributed by atoms with E-state index in [1.807, 2.05) is 19.9 Å². The summed E-state index contributed by atoms with van der Waals surface area (Å²) >= 11 is 0. The highest BCUT2D eigenvalue weighted by atomic mass is 16.1. The van der Waals surface area contributed by atoms with Crippen molar-refractivity contribution in [2.45, 2.75) is 39.2 Å². The maximum Gasteiger partial charge on any atom is 0.225 e. The number of hydrogen-bond acceptors (Lipinski definition) is 3. The van der Waals surface area contributed by atoms with Crippen molar-refractivity contribution < 1.29 is 4.79 Å². The summed E-state index contributed by atoms with van der Waals surface area (Å²) in [6.45, 7) is 6.13. The summed E-state index contributed by atoms with van der Waals surface area (Å²) in [5, 5.41) is 2.92. The second-order valence-electron chi connectivity index (χ2n) is 5.42. The molecular formula is C15H23N3O. The number of benzene rings is 1. The molecule has 4 nitrogen and oxygen atoms in total. The molecule has 0 aromatic heterocycles. The number of nitrogens with one attached hydrogen (secondary N) is 1. The fourth-order valence-corrected chi connectivity index (χ4v) is 2.45. The molecule has 104 valence electrons. The minimum absolute atomic E-state index is 0.0213. The molecule has 0 aliphatic carbocycles. The number of carbonyl (C=O) groups excluding carboxylic acids is 1. The number of anilines is 2. The molecule has 3 N–H and O–H groups in total. The van der Waals surface area contributed by atoms with Gasteiger partial charge in [0, 0.05) is 36.9 Å². The molecule has 1 saturated heterocycles. The summed E-state index contributed by atoms with van der Waals surface area (Å²) < 4.78 is 0. The zero-order valence-corrected chi connectivity index (χ0v) is 11.8. The first-order valence-electron chi connectivity index (χ1n) is 6.97. The Hall–Kier alpha value is -1.55. The summed E-state index contributed by atoms with van der Waals surface area (Å²) in [6.07, 6.45) is 2.89. The molecule has 0 bridgehead atoms. The van der Waals surface area contributed by atoms with Crippen LogP contribution in [-0.2, 0) is 4.79 Å². The van der Waals surface area contributed by atoms with Gasteiger partial charge >= 0.3 is 0 Å². The molecule has 0 spiro atoms. The predicted octanol–water partition coefficient (Wildman–Crippen LogP) is 2.27. The van der Waals surface area contributed by atoms with Crippen molar-refractivity contribution >= 4 is 17.3 Å². The first-order chi connectivity index (χ1) is 9.06. The number of rotatable bonds is 4. The average Bonchev–Trinajstić information content (AvgIpc) is 2.84. The van der Waals surface area contributed by atoms with E-state index in [1.54, 1.807) is 0 Å². The molecule has 1 amide bonds. The van der Waals surface area contributed by atoms with Crippen LogP contribution in [0.2, 0.25) is 0 Å². The van der Waals surface area contributed by atoms with Crippen molar-refractivity contribution in [3.8, 4) is 0 Å². The van der Waals surface area contributed by atoms with E-state index in [2.05, 4.69) is 22.3 Å². The number of nitrogens with zero attached hydrogens (tertiary/aromatic N) is 1. The van der Waals surface area contributed by atoms with Crippen LogP contribution in [0, 0.1) is 6.92 Å². The van der Waals surface area contributed by atoms with Crippen LogP contribution in [0.25, 0.3) is 0 Å². The van der Waals surface area contributed by atoms with E-state index in [4.69, 9.17) is 5.73 Å². The molecule has 1 atom stereocenters. The molecule has 1 heterocycles. The lowest BCUT2D eigenvalue weighted by molar-refractivity contribution is -0.116. The zero-order chi connectivity index (χ0) is 13.8. The van der Waals surface area contributed by atoms with Crippen molar-refractivity contribution in [1.29, 1.82) is 0 Å². The Morgan fingerprint density at radius 3 is 2.68 bits per heavy atom. The van der Waals surface area contributed by atoms with Crippen molar-refractivity contribution in [3.05, 3.63) is 23.8 Å². The summed E-state index contributed by atoms with van der Waals surface area (Å²) in [4.78, 5) is 14.1. The van der Waals surface area contributed by atoms with Gasteiger partial charge < -0.3 is 16.0 Å². The summed E-state index contributed by atoms with van der Waals surface area (Å²) in [5.74, 6) is -0.0213. The van der Waals surface area contributed by atoms with Crippen LogP contribution in [0.3, 0.4) is 0 Å². The standard InChI is InChI=1S/C15H23N3O/c1-11-9-13(18-7-3-4-8-18)5-6-14(11)17-15(19)10-12(2)16/h5-6,9,12H,3-4,7-8,10,16H2,1-2H3,(H,17,19). The van der Waals surface area contributed by atoms with Gasteiger partial charge in [0.2, 0.25) is 5.91 Å². The fraction of sp³-hybridized carbons (Fsp3) is 0.533. The first-order valence-corrected chi connectivity index (χ1v) is 6.97. The maximum atomic E-state index is 11.7. The third kappa shape index (κ3) is 3.70. The van der Waals surface area contributed by atoms with E-state index >= 15 is 0 Å². The van der Waals surface area contributed by atoms with Gasteiger partial charge in [-0.1, -0.05) is 0 Å². The van der Waals surface area contributed by atoms with Gasteiger partial charge in [-0.05, 0) is 50.5 Å². The van der Waals surface area contributed by atoms with E-state index in [0.717, 1.165) is 24.3 Å². The van der Waals surface area contributed by atoms with Gasteiger partial charge in [0.05, 0.1) is 0 Å². The van der Waals surface area contributed by atoms with E-state index in [-0.39, 0.29) is 11.9 Å². The van der Waals surface area contributed by atoms with Crippen molar-refractivity contribution in [2.24, 2.45) is 5.73 Å². The number of nitrogens with two attached hydrogens (primary N) is 1. The second kappa shape index (κ2) is 6.06. The minimum Gasteiger partial charge on any atom is -0.372 e. The molecule has 1 fully saturated rings. The van der Waals surface area contributed by atoms with Gasteiger partial charge in [-0.15, -0.1) is 0 Å². The Morgan fingerprint density at radius 2 is 2.11 bits per heavy atom. The molecule has 1 unspecified atom stereocenters. The van der Waals surface area contributed by atoms with Crippen LogP contribution < -0.4 is 16.0 Å². The first kappa shape index (κ1) is 13.9. The van der Waals surface area contributed by atoms with Crippen LogP contribution >= 0.6 is 0 Å². The Labute approximate surface area is 115 Å². The van der Waals surface area contributed by atoms with E-state index < -0.39 is 0 Å². The molecule has 19 heavy (non-hydrogen) atoms. The Bertz CT molecular complexity index is 451. The summed E-state index contributed by atoms with van der Waals surface area (Å²) in [7, 11) is 0. The van der Waals surface area contributed by atoms with Crippen LogP contribution in [0.1, 0.15) is 31.7 Å². The predicted molar refractivity (Wildman–Crippen MR) is 79.5 cm³/mol. The molecule has 0 saturated carbocycles. The highest BCUT2D eigenvalue weighted by Crippen LogP contribution is 2.25. The van der Waals surface area contributed by atoms with Gasteiger partial charge in [-0.3, -0.25) is 4.79 Å². The SMILES string of the molecule is Cc1cc(N2CCCC2)ccc1NC(=O)CC(C)N. The smallest absolute Gasteiger partial charge is 0.225 e. The lowest BCUT2D eigenvalue weighted by Crippen LogP contribution is -2.24. The topological polar surface area (TPSA) is 58.4 Å². The molecule has 0 radical (unpaired) electrons. The Morgan fingerprint density at radius 1 is 1.42 bits per heavy atom. The van der Waals surface area contributed by atoms with Gasteiger partial charge in [0.15, 0.2) is 0 Å². The van der Waals surface area contributed by atoms with Gasteiger partial charge in [-0.25, -0.2) is 0 Å². The third-order valence-electron chi connectivity index (χ3n) is 3.46. The van der Waals surface area contributed by atoms with E-state index in [1.165, 1.54) is 18.5 Å². The van der Waals surface area contributed by atoms with Gasteiger partial charge in [0.25, 0.3) is 0 Å². The molecule has 2 rings (SSSR count). The monoisotopic (exact) mass is 261 g/mol. The minimum atomic E-state index is -0.107. The molecular weight excluding hydrogens is 238 g/mol. The fourth-order valence-electron chi connectivity index (χ4n) is 2.45. The lowest BCUT2D eigenvalue weighted by atomic mass is 10.1. The number of carbonyl (C=O) groups is 1. The Balaban J connectivity index is 2.04. The zero-order valence-electron chi connectivity index (χ0n) is 11.8. The molecule has 1 aliphatic rings. The number of hydrogen-bond donors (Lipinski definition) is 2. The highest BCUT2D eigenvalue weighted by Gasteiger charge is 2.13. The highest BCUT2D eigenvalue weighted by molar-refractivity contribution is 5.92. The molecule has 1 aliphatic heterocycles. The van der Waals surface area contributed by atoms with Crippen LogP contribution in [0.15, 0.2) is 18.2 Å². The van der Waals surface area contributed by atoms with Gasteiger partial charge in [-0.2, -0.15) is 0 Å². The quantitative estimate of drug-likeness (QED) is 0.874. The summed E-state index contributed by atoms with van der Waals surface area (Å²) in [5.41, 5.74) is 8.86. The van der Waals surface area contributed by atoms with Crippen LogP contribution in [-0.4, -0.2) is 25.0 Å². The Kier molecular flexibility index (Phi) is 4.43. The third-order valence-corrected chi connectivity index (χ3v) is 3.46. The lowest BCUT2D eigenvalue weighted by Gasteiger charge is -2.19. The van der Waals surface area contributed by atoms with Crippen LogP contribution in [0.5, 0.6) is 0 Å².